The van der Waals surface area contributed by atoms with Gasteiger partial charge in [-0.3, -0.25) is 9.88 Å². The first-order valence-electron chi connectivity index (χ1n) is 12.7. The number of nitrogens with zero attached hydrogens (tertiary/aromatic N) is 7. The second-order valence-electron chi connectivity index (χ2n) is 9.91. The monoisotopic (exact) mass is 489 g/mol. The third-order valence-corrected chi connectivity index (χ3v) is 7.75. The van der Waals surface area contributed by atoms with E-state index in [4.69, 9.17) is 9.72 Å². The van der Waals surface area contributed by atoms with Gasteiger partial charge in [0.25, 0.3) is 0 Å². The van der Waals surface area contributed by atoms with E-state index in [0.717, 1.165) is 47.5 Å². The molecule has 0 saturated carbocycles. The van der Waals surface area contributed by atoms with Crippen molar-refractivity contribution in [2.45, 2.75) is 25.3 Å². The average Bonchev–Trinajstić information content (AvgIpc) is 3.20. The summed E-state index contributed by atoms with van der Waals surface area (Å²) in [7, 11) is 3.69. The van der Waals surface area contributed by atoms with E-state index in [1.807, 2.05) is 23.0 Å². The van der Waals surface area contributed by atoms with Gasteiger partial charge in [-0.15, -0.1) is 0 Å². The van der Waals surface area contributed by atoms with Crippen molar-refractivity contribution in [1.82, 2.24) is 29.4 Å². The van der Waals surface area contributed by atoms with Crippen LogP contribution in [0.1, 0.15) is 19.3 Å². The molecule has 6 rings (SSSR count). The third-order valence-electron chi connectivity index (χ3n) is 7.75. The molecule has 4 aromatic rings. The van der Waals surface area contributed by atoms with Crippen LogP contribution < -0.4 is 9.64 Å². The van der Waals surface area contributed by atoms with E-state index in [9.17, 15) is 4.39 Å². The lowest BCUT2D eigenvalue weighted by Crippen LogP contribution is -2.46. The molecule has 0 aliphatic carbocycles. The Morgan fingerprint density at radius 1 is 0.972 bits per heavy atom. The topological polar surface area (TPSA) is 62.0 Å². The molecule has 0 atom stereocenters. The van der Waals surface area contributed by atoms with Crippen LogP contribution in [0.2, 0.25) is 0 Å². The Morgan fingerprint density at radius 3 is 2.67 bits per heavy atom. The standard InChI is InChI=1S/C27H32FN7O/c1-32-8-3-9-33(13-12-32)19-5-10-34(11-6-19)20-16-30-27-23(17-31-35(27)18-20)21-4-7-29-25-15-24(28)26(36-2)14-22(21)25/h4,7,14-19H,3,5-6,8-13H2,1-2H3. The first kappa shape index (κ1) is 23.1. The fraction of sp³-hybridized carbons (Fsp3) is 0.444. The Balaban J connectivity index is 1.23. The van der Waals surface area contributed by atoms with Gasteiger partial charge in [0, 0.05) is 55.4 Å². The molecule has 9 heteroatoms. The highest BCUT2D eigenvalue weighted by atomic mass is 19.1. The number of ether oxygens (including phenoxy) is 1. The Bertz CT molecular complexity index is 1380. The summed E-state index contributed by atoms with van der Waals surface area (Å²) in [4.78, 5) is 16.7. The molecule has 5 heterocycles. The molecule has 2 aliphatic heterocycles. The zero-order chi connectivity index (χ0) is 24.6. The Morgan fingerprint density at radius 2 is 1.83 bits per heavy atom. The summed E-state index contributed by atoms with van der Waals surface area (Å²) in [6.07, 6.45) is 11.1. The van der Waals surface area contributed by atoms with Crippen molar-refractivity contribution < 1.29 is 9.13 Å². The molecule has 0 unspecified atom stereocenters. The molecule has 2 fully saturated rings. The maximum absolute atomic E-state index is 14.2. The van der Waals surface area contributed by atoms with Crippen molar-refractivity contribution in [3.8, 4) is 16.9 Å². The van der Waals surface area contributed by atoms with Gasteiger partial charge in [0.15, 0.2) is 17.2 Å². The summed E-state index contributed by atoms with van der Waals surface area (Å²) in [5.74, 6) is -0.233. The van der Waals surface area contributed by atoms with Gasteiger partial charge in [0.2, 0.25) is 0 Å². The Hall–Kier alpha value is -3.30. The summed E-state index contributed by atoms with van der Waals surface area (Å²) in [6.45, 7) is 6.80. The summed E-state index contributed by atoms with van der Waals surface area (Å²) < 4.78 is 21.3. The number of halogens is 1. The fourth-order valence-corrected chi connectivity index (χ4v) is 5.68. The van der Waals surface area contributed by atoms with Gasteiger partial charge in [-0.2, -0.15) is 5.10 Å². The maximum Gasteiger partial charge on any atom is 0.167 e. The Kier molecular flexibility index (Phi) is 6.18. The lowest BCUT2D eigenvalue weighted by atomic mass is 10.0. The highest BCUT2D eigenvalue weighted by Crippen LogP contribution is 2.34. The third kappa shape index (κ3) is 4.26. The number of aromatic nitrogens is 4. The van der Waals surface area contributed by atoms with Gasteiger partial charge in [-0.1, -0.05) is 0 Å². The summed E-state index contributed by atoms with van der Waals surface area (Å²) in [5, 5.41) is 5.42. The molecule has 0 amide bonds. The highest BCUT2D eigenvalue weighted by molar-refractivity contribution is 5.98. The molecular weight excluding hydrogens is 457 g/mol. The lowest BCUT2D eigenvalue weighted by molar-refractivity contribution is 0.174. The lowest BCUT2D eigenvalue weighted by Gasteiger charge is -2.39. The molecule has 0 N–H and O–H groups in total. The number of methoxy groups -OCH3 is 1. The van der Waals surface area contributed by atoms with Crippen molar-refractivity contribution in [1.29, 1.82) is 0 Å². The summed E-state index contributed by atoms with van der Waals surface area (Å²) >= 11 is 0. The molecule has 0 radical (unpaired) electrons. The minimum atomic E-state index is -0.427. The molecule has 8 nitrogen and oxygen atoms in total. The van der Waals surface area contributed by atoms with Crippen molar-refractivity contribution >= 4 is 22.2 Å². The number of rotatable bonds is 4. The zero-order valence-corrected chi connectivity index (χ0v) is 20.9. The van der Waals surface area contributed by atoms with E-state index in [1.165, 1.54) is 52.1 Å². The minimum absolute atomic E-state index is 0.194. The second-order valence-corrected chi connectivity index (χ2v) is 9.91. The summed E-state index contributed by atoms with van der Waals surface area (Å²) in [6, 6.07) is 5.68. The van der Waals surface area contributed by atoms with Crippen molar-refractivity contribution in [2.75, 3.05) is 58.3 Å². The van der Waals surface area contributed by atoms with Crippen molar-refractivity contribution in [3.05, 3.63) is 48.8 Å². The van der Waals surface area contributed by atoms with Gasteiger partial charge in [-0.05, 0) is 57.1 Å². The number of hydrogen-bond donors (Lipinski definition) is 0. The largest absolute Gasteiger partial charge is 0.494 e. The normalized spacial score (nSPS) is 18.7. The second kappa shape index (κ2) is 9.63. The average molecular weight is 490 g/mol. The van der Waals surface area contributed by atoms with E-state index < -0.39 is 5.82 Å². The fourth-order valence-electron chi connectivity index (χ4n) is 5.68. The number of fused-ring (bicyclic) bond motifs is 2. The molecule has 0 bridgehead atoms. The maximum atomic E-state index is 14.2. The van der Waals surface area contributed by atoms with Gasteiger partial charge in [-0.25, -0.2) is 13.9 Å². The number of piperidine rings is 1. The molecular formula is C27H32FN7O. The molecule has 36 heavy (non-hydrogen) atoms. The molecule has 3 aromatic heterocycles. The highest BCUT2D eigenvalue weighted by Gasteiger charge is 2.26. The van der Waals surface area contributed by atoms with Crippen molar-refractivity contribution in [3.63, 3.8) is 0 Å². The van der Waals surface area contributed by atoms with Gasteiger partial charge < -0.3 is 14.5 Å². The number of anilines is 1. The van der Waals surface area contributed by atoms with Crippen LogP contribution in [0.25, 0.3) is 27.7 Å². The van der Waals surface area contributed by atoms with E-state index in [1.54, 1.807) is 12.3 Å². The zero-order valence-electron chi connectivity index (χ0n) is 20.9. The smallest absolute Gasteiger partial charge is 0.167 e. The number of hydrogen-bond acceptors (Lipinski definition) is 7. The van der Waals surface area contributed by atoms with Crippen LogP contribution in [-0.4, -0.2) is 88.8 Å². The van der Waals surface area contributed by atoms with Crippen LogP contribution >= 0.6 is 0 Å². The van der Waals surface area contributed by atoms with E-state index >= 15 is 0 Å². The molecule has 2 aliphatic rings. The van der Waals surface area contributed by atoms with E-state index in [-0.39, 0.29) is 5.75 Å². The number of likely N-dealkylation sites (N-methyl/N-ethyl adjacent to an activating group) is 1. The van der Waals surface area contributed by atoms with Crippen LogP contribution in [0.4, 0.5) is 10.1 Å². The van der Waals surface area contributed by atoms with Crippen LogP contribution in [-0.2, 0) is 0 Å². The predicted molar refractivity (Wildman–Crippen MR) is 139 cm³/mol. The molecule has 0 spiro atoms. The van der Waals surface area contributed by atoms with Crippen LogP contribution in [0.3, 0.4) is 0 Å². The SMILES string of the molecule is COc1cc2c(-c3cnn4cc(N5CCC(N6CCCN(C)CC6)CC5)cnc34)ccnc2cc1F. The van der Waals surface area contributed by atoms with E-state index in [2.05, 4.69) is 38.0 Å². The van der Waals surface area contributed by atoms with E-state index in [0.29, 0.717) is 11.6 Å². The molecule has 2 saturated heterocycles. The molecule has 1 aromatic carbocycles. The number of benzene rings is 1. The van der Waals surface area contributed by atoms with Gasteiger partial charge in [0.05, 0.1) is 36.9 Å². The summed E-state index contributed by atoms with van der Waals surface area (Å²) in [5.41, 5.74) is 4.21. The predicted octanol–water partition coefficient (Wildman–Crippen LogP) is 3.70. The first-order chi connectivity index (χ1) is 17.6. The minimum Gasteiger partial charge on any atom is -0.494 e. The van der Waals surface area contributed by atoms with Crippen molar-refractivity contribution in [2.24, 2.45) is 0 Å². The Labute approximate surface area is 210 Å². The quantitative estimate of drug-likeness (QED) is 0.433. The van der Waals surface area contributed by atoms with Crippen LogP contribution in [0, 0.1) is 5.82 Å². The van der Waals surface area contributed by atoms with Crippen LogP contribution in [0.15, 0.2) is 43.0 Å². The molecule has 188 valence electrons. The van der Waals surface area contributed by atoms with Gasteiger partial charge in [0.1, 0.15) is 0 Å². The van der Waals surface area contributed by atoms with Crippen LogP contribution in [0.5, 0.6) is 5.75 Å². The first-order valence-corrected chi connectivity index (χ1v) is 12.7. The van der Waals surface area contributed by atoms with Gasteiger partial charge >= 0.3 is 0 Å². The number of pyridine rings is 1.